The Balaban J connectivity index is 2.49. The fraction of sp³-hybridized carbons (Fsp3) is 0.483. The summed E-state index contributed by atoms with van der Waals surface area (Å²) in [5.74, 6) is -0.660. The van der Waals surface area contributed by atoms with Gasteiger partial charge >= 0.3 is 6.09 Å². The Labute approximate surface area is 215 Å². The van der Waals surface area contributed by atoms with Crippen molar-refractivity contribution >= 4 is 23.6 Å². The van der Waals surface area contributed by atoms with Gasteiger partial charge in [0.2, 0.25) is 5.91 Å². The van der Waals surface area contributed by atoms with Crippen molar-refractivity contribution in [2.75, 3.05) is 11.9 Å². The van der Waals surface area contributed by atoms with Crippen LogP contribution in [0, 0.1) is 27.7 Å². The lowest BCUT2D eigenvalue weighted by Gasteiger charge is -2.34. The predicted octanol–water partition coefficient (Wildman–Crippen LogP) is 5.75. The molecule has 0 radical (unpaired) electrons. The fourth-order valence-corrected chi connectivity index (χ4v) is 4.25. The zero-order chi connectivity index (χ0) is 27.2. The third kappa shape index (κ3) is 7.83. The molecule has 196 valence electrons. The maximum absolute atomic E-state index is 13.9. The standard InChI is InChI=1S/C29H41N3O4/c1-10-14-32(27(34)22(6)30-28(35)36-29(7,8)9)25(23-16-18(2)15-19(3)17-23)26(33)31-24-20(4)12-11-13-21(24)5/h11-13,15-17,22,25H,10,14H2,1-9H3,(H,30,35)(H,31,33). The minimum absolute atomic E-state index is 0.302. The normalized spacial score (nSPS) is 12.9. The third-order valence-corrected chi connectivity index (χ3v) is 5.70. The van der Waals surface area contributed by atoms with E-state index in [0.717, 1.165) is 33.5 Å². The van der Waals surface area contributed by atoms with Gasteiger partial charge in [-0.3, -0.25) is 9.59 Å². The quantitative estimate of drug-likeness (QED) is 0.488. The van der Waals surface area contributed by atoms with Gasteiger partial charge in [0.25, 0.3) is 5.91 Å². The van der Waals surface area contributed by atoms with Crippen molar-refractivity contribution in [2.24, 2.45) is 0 Å². The highest BCUT2D eigenvalue weighted by Gasteiger charge is 2.35. The van der Waals surface area contributed by atoms with Gasteiger partial charge in [-0.2, -0.15) is 0 Å². The second-order valence-electron chi connectivity index (χ2n) is 10.5. The minimum Gasteiger partial charge on any atom is -0.444 e. The first-order valence-electron chi connectivity index (χ1n) is 12.5. The van der Waals surface area contributed by atoms with E-state index in [-0.39, 0.29) is 11.8 Å². The van der Waals surface area contributed by atoms with E-state index in [1.807, 2.05) is 71.0 Å². The molecule has 0 saturated heterocycles. The molecule has 0 aromatic heterocycles. The number of aryl methyl sites for hydroxylation is 4. The molecule has 2 rings (SSSR count). The SMILES string of the molecule is CCCN(C(=O)C(C)NC(=O)OC(C)(C)C)C(C(=O)Nc1c(C)cccc1C)c1cc(C)cc(C)c1. The Hall–Kier alpha value is -3.35. The molecule has 0 bridgehead atoms. The molecule has 2 aromatic rings. The number of carbonyl (C=O) groups is 3. The van der Waals surface area contributed by atoms with Crippen LogP contribution in [0.15, 0.2) is 36.4 Å². The zero-order valence-corrected chi connectivity index (χ0v) is 23.1. The van der Waals surface area contributed by atoms with Crippen molar-refractivity contribution < 1.29 is 19.1 Å². The molecule has 0 aliphatic rings. The molecule has 0 aliphatic heterocycles. The summed E-state index contributed by atoms with van der Waals surface area (Å²) in [6.45, 7) is 17.0. The lowest BCUT2D eigenvalue weighted by molar-refractivity contribution is -0.140. The number of benzene rings is 2. The summed E-state index contributed by atoms with van der Waals surface area (Å²) in [6.07, 6.45) is -0.0363. The first-order chi connectivity index (χ1) is 16.7. The maximum Gasteiger partial charge on any atom is 0.408 e. The second kappa shape index (κ2) is 12.1. The van der Waals surface area contributed by atoms with Crippen LogP contribution < -0.4 is 10.6 Å². The summed E-state index contributed by atoms with van der Waals surface area (Å²) in [6, 6.07) is 9.97. The van der Waals surface area contributed by atoms with Crippen molar-refractivity contribution in [2.45, 2.75) is 86.4 Å². The van der Waals surface area contributed by atoms with Crippen molar-refractivity contribution in [3.05, 3.63) is 64.2 Å². The van der Waals surface area contributed by atoms with Crippen molar-refractivity contribution in [3.63, 3.8) is 0 Å². The Morgan fingerprint density at radius 3 is 2.03 bits per heavy atom. The van der Waals surface area contributed by atoms with Gasteiger partial charge in [-0.1, -0.05) is 54.4 Å². The molecule has 0 aliphatic carbocycles. The monoisotopic (exact) mass is 495 g/mol. The molecule has 2 N–H and O–H groups in total. The van der Waals surface area contributed by atoms with Gasteiger partial charge < -0.3 is 20.3 Å². The summed E-state index contributed by atoms with van der Waals surface area (Å²) < 4.78 is 5.33. The van der Waals surface area contributed by atoms with E-state index in [0.29, 0.717) is 13.0 Å². The fourth-order valence-electron chi connectivity index (χ4n) is 4.25. The molecule has 0 heterocycles. The van der Waals surface area contributed by atoms with Crippen LogP contribution >= 0.6 is 0 Å². The van der Waals surface area contributed by atoms with Crippen LogP contribution in [0.2, 0.25) is 0 Å². The van der Waals surface area contributed by atoms with E-state index >= 15 is 0 Å². The number of rotatable bonds is 8. The first kappa shape index (κ1) is 28.9. The highest BCUT2D eigenvalue weighted by atomic mass is 16.6. The van der Waals surface area contributed by atoms with Gasteiger partial charge in [-0.05, 0) is 78.5 Å². The van der Waals surface area contributed by atoms with Crippen LogP contribution in [-0.2, 0) is 14.3 Å². The predicted molar refractivity (Wildman–Crippen MR) is 144 cm³/mol. The number of nitrogens with zero attached hydrogens (tertiary/aromatic N) is 1. The summed E-state index contributed by atoms with van der Waals surface area (Å²) >= 11 is 0. The topological polar surface area (TPSA) is 87.7 Å². The highest BCUT2D eigenvalue weighted by Crippen LogP contribution is 2.28. The van der Waals surface area contributed by atoms with E-state index in [1.165, 1.54) is 0 Å². The van der Waals surface area contributed by atoms with Gasteiger partial charge in [0.15, 0.2) is 0 Å². The second-order valence-corrected chi connectivity index (χ2v) is 10.5. The van der Waals surface area contributed by atoms with Gasteiger partial charge in [-0.25, -0.2) is 4.79 Å². The Morgan fingerprint density at radius 1 is 0.972 bits per heavy atom. The smallest absolute Gasteiger partial charge is 0.408 e. The summed E-state index contributed by atoms with van der Waals surface area (Å²) in [7, 11) is 0. The van der Waals surface area contributed by atoms with E-state index in [2.05, 4.69) is 10.6 Å². The molecule has 2 aromatic carbocycles. The van der Waals surface area contributed by atoms with Crippen LogP contribution in [0.5, 0.6) is 0 Å². The molecular formula is C29H41N3O4. The third-order valence-electron chi connectivity index (χ3n) is 5.70. The number of amides is 3. The molecule has 0 fully saturated rings. The summed E-state index contributed by atoms with van der Waals surface area (Å²) in [5.41, 5.74) is 4.65. The number of carbonyl (C=O) groups excluding carboxylic acids is 3. The number of anilines is 1. The lowest BCUT2D eigenvalue weighted by atomic mass is 9.98. The van der Waals surface area contributed by atoms with Gasteiger partial charge in [0.1, 0.15) is 17.7 Å². The van der Waals surface area contributed by atoms with Crippen LogP contribution in [0.4, 0.5) is 10.5 Å². The Bertz CT molecular complexity index is 1060. The van der Waals surface area contributed by atoms with E-state index in [9.17, 15) is 14.4 Å². The van der Waals surface area contributed by atoms with Crippen LogP contribution in [0.25, 0.3) is 0 Å². The molecule has 7 nitrogen and oxygen atoms in total. The van der Waals surface area contributed by atoms with Crippen molar-refractivity contribution in [1.82, 2.24) is 10.2 Å². The number of hydrogen-bond acceptors (Lipinski definition) is 4. The minimum atomic E-state index is -0.882. The largest absolute Gasteiger partial charge is 0.444 e. The van der Waals surface area contributed by atoms with E-state index < -0.39 is 23.8 Å². The first-order valence-corrected chi connectivity index (χ1v) is 12.5. The van der Waals surface area contributed by atoms with Gasteiger partial charge in [0, 0.05) is 12.2 Å². The number of alkyl carbamates (subject to hydrolysis) is 1. The van der Waals surface area contributed by atoms with Crippen LogP contribution in [-0.4, -0.2) is 41.0 Å². The average molecular weight is 496 g/mol. The summed E-state index contributed by atoms with van der Waals surface area (Å²) in [5, 5.41) is 5.70. The number of hydrogen-bond donors (Lipinski definition) is 2. The van der Waals surface area contributed by atoms with Gasteiger partial charge in [0.05, 0.1) is 0 Å². The number of ether oxygens (including phenoxy) is 1. The molecule has 2 atom stereocenters. The van der Waals surface area contributed by atoms with E-state index in [1.54, 1.807) is 32.6 Å². The lowest BCUT2D eigenvalue weighted by Crippen LogP contribution is -2.51. The molecule has 0 spiro atoms. The molecule has 2 unspecified atom stereocenters. The highest BCUT2D eigenvalue weighted by molar-refractivity contribution is 5.99. The van der Waals surface area contributed by atoms with Gasteiger partial charge in [-0.15, -0.1) is 0 Å². The molecular weight excluding hydrogens is 454 g/mol. The molecule has 7 heteroatoms. The number of para-hydroxylation sites is 1. The average Bonchev–Trinajstić information content (AvgIpc) is 2.73. The van der Waals surface area contributed by atoms with Crippen molar-refractivity contribution in [3.8, 4) is 0 Å². The van der Waals surface area contributed by atoms with E-state index in [4.69, 9.17) is 4.74 Å². The van der Waals surface area contributed by atoms with Crippen molar-refractivity contribution in [1.29, 1.82) is 0 Å². The van der Waals surface area contributed by atoms with Crippen LogP contribution in [0.1, 0.15) is 74.9 Å². The molecule has 3 amide bonds. The molecule has 0 saturated carbocycles. The van der Waals surface area contributed by atoms with Crippen LogP contribution in [0.3, 0.4) is 0 Å². The maximum atomic E-state index is 13.9. The zero-order valence-electron chi connectivity index (χ0n) is 23.1. The molecule has 36 heavy (non-hydrogen) atoms. The number of nitrogens with one attached hydrogen (secondary N) is 2. The summed E-state index contributed by atoms with van der Waals surface area (Å²) in [4.78, 5) is 41.5. The Morgan fingerprint density at radius 2 is 1.53 bits per heavy atom. The Kier molecular flexibility index (Phi) is 9.68.